The quantitative estimate of drug-likeness (QED) is 0.350. The fourth-order valence-electron chi connectivity index (χ4n) is 0.974. The van der Waals surface area contributed by atoms with Gasteiger partial charge in [-0.3, -0.25) is 0 Å². The Morgan fingerprint density at radius 2 is 1.81 bits per heavy atom. The van der Waals surface area contributed by atoms with Gasteiger partial charge in [-0.1, -0.05) is 0 Å². The van der Waals surface area contributed by atoms with Crippen LogP contribution in [0.4, 0.5) is 0 Å². The van der Waals surface area contributed by atoms with E-state index >= 15 is 0 Å². The zero-order valence-corrected chi connectivity index (χ0v) is 11.2. The van der Waals surface area contributed by atoms with E-state index in [1.807, 2.05) is 13.8 Å². The normalized spacial score (nSPS) is 12.1. The number of Topliss-reactive ketones (excluding diaryl/α,β-unsaturated/α-hetero) is 1. The Morgan fingerprint density at radius 1 is 1.19 bits per heavy atom. The molecule has 1 unspecified atom stereocenters. The Hall–Kier alpha value is -0.226. The maximum absolute atomic E-state index is 11.6. The molecule has 6 heteroatoms. The molecule has 0 aromatic rings. The van der Waals surface area contributed by atoms with Gasteiger partial charge in [-0.25, -0.2) is 0 Å². The number of hydrogen-bond acceptors (Lipinski definition) is 5. The van der Waals surface area contributed by atoms with Gasteiger partial charge in [-0.15, -0.1) is 0 Å². The van der Waals surface area contributed by atoms with Crippen LogP contribution in [-0.4, -0.2) is 37.7 Å². The summed E-state index contributed by atoms with van der Waals surface area (Å²) in [7, 11) is 0. The first kappa shape index (κ1) is 15.8. The zero-order valence-electron chi connectivity index (χ0n) is 9.65. The van der Waals surface area contributed by atoms with Crippen LogP contribution in [-0.2, 0) is 43.2 Å². The van der Waals surface area contributed by atoms with Gasteiger partial charge in [-0.05, 0) is 0 Å². The van der Waals surface area contributed by atoms with Crippen LogP contribution in [0.5, 0.6) is 0 Å². The van der Waals surface area contributed by atoms with Crippen molar-refractivity contribution in [3.8, 4) is 0 Å². The van der Waals surface area contributed by atoms with Crippen molar-refractivity contribution >= 4 is 11.8 Å². The summed E-state index contributed by atoms with van der Waals surface area (Å²) < 4.78 is 14.7. The average molecular weight is 265 g/mol. The minimum atomic E-state index is -1.15. The Kier molecular flexibility index (Phi) is 9.82. The van der Waals surface area contributed by atoms with Crippen molar-refractivity contribution in [1.29, 1.82) is 0 Å². The molecular weight excluding hydrogens is 248 g/mol. The summed E-state index contributed by atoms with van der Waals surface area (Å²) in [6, 6.07) is 0. The van der Waals surface area contributed by atoms with Gasteiger partial charge in [0.05, 0.1) is 0 Å². The van der Waals surface area contributed by atoms with Crippen LogP contribution in [0.2, 0.25) is 0 Å². The molecule has 5 nitrogen and oxygen atoms in total. The first-order chi connectivity index (χ1) is 7.67. The van der Waals surface area contributed by atoms with Crippen molar-refractivity contribution < 1.29 is 43.2 Å². The number of carbonyl (C=O) groups is 2. The molecule has 0 aromatic carbocycles. The SMILES string of the molecule is CCCOCC(=O)C(OCCC)C(=O)[O][Ti]. The van der Waals surface area contributed by atoms with Gasteiger partial charge < -0.3 is 0 Å². The molecule has 0 spiro atoms. The number of ether oxygens (including phenoxy) is 2. The third-order valence-electron chi connectivity index (χ3n) is 1.69. The van der Waals surface area contributed by atoms with Crippen LogP contribution in [0.3, 0.4) is 0 Å². The van der Waals surface area contributed by atoms with E-state index in [9.17, 15) is 9.59 Å². The van der Waals surface area contributed by atoms with E-state index in [0.717, 1.165) is 12.8 Å². The molecule has 0 amide bonds. The van der Waals surface area contributed by atoms with E-state index in [2.05, 4.69) is 3.32 Å². The second kappa shape index (κ2) is 9.96. The maximum atomic E-state index is 11.6. The van der Waals surface area contributed by atoms with E-state index in [0.29, 0.717) is 13.2 Å². The molecule has 91 valence electrons. The van der Waals surface area contributed by atoms with Gasteiger partial charge in [0.2, 0.25) is 0 Å². The first-order valence-electron chi connectivity index (χ1n) is 5.26. The van der Waals surface area contributed by atoms with Gasteiger partial charge in [-0.2, -0.15) is 0 Å². The fourth-order valence-corrected chi connectivity index (χ4v) is 1.14. The molecule has 0 aromatic heterocycles. The summed E-state index contributed by atoms with van der Waals surface area (Å²) in [5, 5.41) is 0. The van der Waals surface area contributed by atoms with Crippen molar-refractivity contribution in [3.05, 3.63) is 0 Å². The molecule has 16 heavy (non-hydrogen) atoms. The molecule has 0 bridgehead atoms. The van der Waals surface area contributed by atoms with Crippen LogP contribution >= 0.6 is 0 Å². The summed E-state index contributed by atoms with van der Waals surface area (Å²) in [5.41, 5.74) is 0. The van der Waals surface area contributed by atoms with E-state index in [-0.39, 0.29) is 6.61 Å². The van der Waals surface area contributed by atoms with Crippen LogP contribution in [0.15, 0.2) is 0 Å². The molecule has 0 heterocycles. The molecule has 0 N–H and O–H groups in total. The topological polar surface area (TPSA) is 61.8 Å². The molecule has 0 aliphatic rings. The Balaban J connectivity index is 4.15. The molecule has 0 aliphatic heterocycles. The summed E-state index contributed by atoms with van der Waals surface area (Å²) in [4.78, 5) is 22.8. The fraction of sp³-hybridized carbons (Fsp3) is 0.800. The number of rotatable bonds is 9. The van der Waals surface area contributed by atoms with Crippen molar-refractivity contribution in [2.45, 2.75) is 32.8 Å². The first-order valence-corrected chi connectivity index (χ1v) is 5.90. The average Bonchev–Trinajstić information content (AvgIpc) is 2.29. The van der Waals surface area contributed by atoms with Gasteiger partial charge in [0.25, 0.3) is 0 Å². The van der Waals surface area contributed by atoms with Crippen LogP contribution < -0.4 is 0 Å². The Labute approximate surface area is 108 Å². The van der Waals surface area contributed by atoms with Crippen molar-refractivity contribution in [2.24, 2.45) is 0 Å². The standard InChI is InChI=1S/C10H18O5.Ti/c1-3-5-14-7-8(11)9(10(12)13)15-6-4-2;/h9H,3-7H2,1-2H3,(H,12,13);/q;+1/p-1. The molecule has 0 aliphatic carbocycles. The van der Waals surface area contributed by atoms with Crippen LogP contribution in [0.1, 0.15) is 26.7 Å². The van der Waals surface area contributed by atoms with E-state index in [1.165, 1.54) is 20.8 Å². The predicted molar refractivity (Wildman–Crippen MR) is 52.2 cm³/mol. The third kappa shape index (κ3) is 6.38. The second-order valence-corrected chi connectivity index (χ2v) is 3.51. The summed E-state index contributed by atoms with van der Waals surface area (Å²) in [6.07, 6.45) is 0.407. The van der Waals surface area contributed by atoms with Gasteiger partial charge >= 0.3 is 108 Å². The molecule has 0 saturated heterocycles. The third-order valence-corrected chi connectivity index (χ3v) is 2.00. The second-order valence-electron chi connectivity index (χ2n) is 3.19. The van der Waals surface area contributed by atoms with Crippen LogP contribution in [0.25, 0.3) is 0 Å². The molecule has 0 rings (SSSR count). The molecular formula is C10H17O5Ti. The molecule has 0 radical (unpaired) electrons. The van der Waals surface area contributed by atoms with Gasteiger partial charge in [0.15, 0.2) is 0 Å². The number of ketones is 1. The van der Waals surface area contributed by atoms with Crippen LogP contribution in [0, 0.1) is 0 Å². The van der Waals surface area contributed by atoms with E-state index in [4.69, 9.17) is 9.47 Å². The van der Waals surface area contributed by atoms with Gasteiger partial charge in [0, 0.05) is 0 Å². The molecule has 1 atom stereocenters. The summed E-state index contributed by atoms with van der Waals surface area (Å²) in [5.74, 6) is -1.06. The monoisotopic (exact) mass is 265 g/mol. The minimum absolute atomic E-state index is 0.114. The van der Waals surface area contributed by atoms with Crippen molar-refractivity contribution in [3.63, 3.8) is 0 Å². The number of hydrogen-bond donors (Lipinski definition) is 0. The Morgan fingerprint density at radius 3 is 2.31 bits per heavy atom. The van der Waals surface area contributed by atoms with Crippen molar-refractivity contribution in [2.75, 3.05) is 19.8 Å². The molecule has 0 saturated carbocycles. The summed E-state index contributed by atoms with van der Waals surface area (Å²) in [6.45, 7) is 4.56. The number of carbonyl (C=O) groups excluding carboxylic acids is 2. The Bertz CT molecular complexity index is 219. The predicted octanol–water partition coefficient (Wildman–Crippen LogP) is 0.782. The summed E-state index contributed by atoms with van der Waals surface area (Å²) >= 11 is 1.23. The van der Waals surface area contributed by atoms with Crippen molar-refractivity contribution in [1.82, 2.24) is 0 Å². The van der Waals surface area contributed by atoms with Gasteiger partial charge in [0.1, 0.15) is 0 Å². The zero-order chi connectivity index (χ0) is 12.4. The molecule has 0 fully saturated rings. The van der Waals surface area contributed by atoms with E-state index < -0.39 is 17.9 Å². The van der Waals surface area contributed by atoms with E-state index in [1.54, 1.807) is 0 Å².